The lowest BCUT2D eigenvalue weighted by Gasteiger charge is -2.12. The number of anilines is 1. The lowest BCUT2D eigenvalue weighted by atomic mass is 10.2. The van der Waals surface area contributed by atoms with Gasteiger partial charge < -0.3 is 10.1 Å². The van der Waals surface area contributed by atoms with Crippen LogP contribution in [0, 0.1) is 0 Å². The maximum absolute atomic E-state index is 12.7. The Morgan fingerprint density at radius 2 is 2.00 bits per heavy atom. The number of guanidine groups is 1. The maximum atomic E-state index is 12.7. The molecule has 1 amide bonds. The number of aromatic nitrogens is 1. The Kier molecular flexibility index (Phi) is 6.75. The highest BCUT2D eigenvalue weighted by atomic mass is 79.9. The molecule has 0 aliphatic rings. The molecule has 3 rings (SSSR count). The largest absolute Gasteiger partial charge is 0.497 e. The first kappa shape index (κ1) is 19.6. The van der Waals surface area contributed by atoms with E-state index in [1.807, 2.05) is 36.4 Å². The predicted octanol–water partition coefficient (Wildman–Crippen LogP) is 4.25. The van der Waals surface area contributed by atoms with Gasteiger partial charge in [0.25, 0.3) is 5.91 Å². The Balaban J connectivity index is 1.81. The van der Waals surface area contributed by atoms with Gasteiger partial charge in [-0.1, -0.05) is 34.1 Å². The number of halogens is 1. The summed E-state index contributed by atoms with van der Waals surface area (Å²) in [5.41, 5.74) is 2.21. The van der Waals surface area contributed by atoms with E-state index in [4.69, 9.17) is 4.74 Å². The van der Waals surface area contributed by atoms with E-state index in [-0.39, 0.29) is 5.91 Å². The zero-order valence-corrected chi connectivity index (χ0v) is 16.8. The third kappa shape index (κ3) is 5.65. The molecule has 1 aromatic heterocycles. The normalized spacial score (nSPS) is 11.0. The second-order valence-electron chi connectivity index (χ2n) is 5.85. The van der Waals surface area contributed by atoms with Crippen molar-refractivity contribution in [3.8, 4) is 5.75 Å². The Hall–Kier alpha value is -3.19. The first-order valence-corrected chi connectivity index (χ1v) is 9.35. The van der Waals surface area contributed by atoms with Crippen molar-refractivity contribution in [2.45, 2.75) is 6.54 Å². The summed E-state index contributed by atoms with van der Waals surface area (Å²) in [5, 5.41) is 5.99. The van der Waals surface area contributed by atoms with Crippen LogP contribution >= 0.6 is 15.9 Å². The van der Waals surface area contributed by atoms with Crippen LogP contribution in [0.1, 0.15) is 15.9 Å². The number of rotatable bonds is 5. The molecule has 0 spiro atoms. The standard InChI is InChI=1S/C21H19BrN4O2/c1-28-19-9-2-6-16(11-19)20(27)26-21(24-14-15-5-4-10-23-13-15)25-18-8-3-7-17(22)12-18/h2-13H,14H2,1H3,(H2,24,25,26,27). The van der Waals surface area contributed by atoms with Gasteiger partial charge in [0.1, 0.15) is 5.75 Å². The summed E-state index contributed by atoms with van der Waals surface area (Å²) in [4.78, 5) is 21.3. The molecule has 0 fully saturated rings. The molecule has 1 heterocycles. The van der Waals surface area contributed by atoms with Gasteiger partial charge in [-0.05, 0) is 48.0 Å². The number of nitrogens with zero attached hydrogens (tertiary/aromatic N) is 2. The van der Waals surface area contributed by atoms with E-state index in [1.165, 1.54) is 0 Å². The Labute approximate surface area is 171 Å². The summed E-state index contributed by atoms with van der Waals surface area (Å²) in [5.74, 6) is 0.669. The molecule has 7 heteroatoms. The van der Waals surface area contributed by atoms with Gasteiger partial charge in [-0.2, -0.15) is 0 Å². The van der Waals surface area contributed by atoms with Crippen LogP contribution in [0.2, 0.25) is 0 Å². The minimum absolute atomic E-state index is 0.286. The maximum Gasteiger partial charge on any atom is 0.258 e. The molecule has 0 radical (unpaired) electrons. The number of hydrogen-bond acceptors (Lipinski definition) is 4. The number of methoxy groups -OCH3 is 1. The van der Waals surface area contributed by atoms with Crippen molar-refractivity contribution in [3.63, 3.8) is 0 Å². The van der Waals surface area contributed by atoms with Crippen molar-refractivity contribution in [1.29, 1.82) is 0 Å². The second-order valence-corrected chi connectivity index (χ2v) is 6.76. The van der Waals surface area contributed by atoms with Crippen LogP contribution in [0.5, 0.6) is 5.75 Å². The Morgan fingerprint density at radius 1 is 1.14 bits per heavy atom. The topological polar surface area (TPSA) is 75.6 Å². The van der Waals surface area contributed by atoms with Crippen LogP contribution in [0.4, 0.5) is 5.69 Å². The lowest BCUT2D eigenvalue weighted by molar-refractivity contribution is 0.0976. The molecule has 0 saturated heterocycles. The van der Waals surface area contributed by atoms with Crippen LogP contribution < -0.4 is 15.4 Å². The summed E-state index contributed by atoms with van der Waals surface area (Å²) in [6, 6.07) is 18.3. The Bertz CT molecular complexity index is 977. The first-order chi connectivity index (χ1) is 13.6. The average molecular weight is 439 g/mol. The van der Waals surface area contributed by atoms with Gasteiger partial charge in [-0.25, -0.2) is 4.99 Å². The molecule has 0 unspecified atom stereocenters. The van der Waals surface area contributed by atoms with Crippen molar-refractivity contribution < 1.29 is 9.53 Å². The van der Waals surface area contributed by atoms with Gasteiger partial charge >= 0.3 is 0 Å². The minimum atomic E-state index is -0.286. The van der Waals surface area contributed by atoms with Crippen molar-refractivity contribution in [2.24, 2.45) is 4.99 Å². The van der Waals surface area contributed by atoms with E-state index in [0.717, 1.165) is 15.7 Å². The molecule has 3 aromatic rings. The molecule has 0 bridgehead atoms. The number of aliphatic imine (C=N–C) groups is 1. The fourth-order valence-corrected chi connectivity index (χ4v) is 2.82. The third-order valence-electron chi connectivity index (χ3n) is 3.79. The molecule has 6 nitrogen and oxygen atoms in total. The summed E-state index contributed by atoms with van der Waals surface area (Å²) in [7, 11) is 1.56. The van der Waals surface area contributed by atoms with Gasteiger partial charge in [-0.3, -0.25) is 15.1 Å². The summed E-state index contributed by atoms with van der Waals surface area (Å²) in [6.07, 6.45) is 3.45. The van der Waals surface area contributed by atoms with E-state index in [2.05, 4.69) is 36.5 Å². The van der Waals surface area contributed by atoms with E-state index in [0.29, 0.717) is 23.8 Å². The minimum Gasteiger partial charge on any atom is -0.497 e. The second kappa shape index (κ2) is 9.66. The van der Waals surface area contributed by atoms with Crippen LogP contribution in [0.3, 0.4) is 0 Å². The quantitative estimate of drug-likeness (QED) is 0.461. The van der Waals surface area contributed by atoms with Gasteiger partial charge in [0.05, 0.1) is 13.7 Å². The molecular formula is C21H19BrN4O2. The highest BCUT2D eigenvalue weighted by Crippen LogP contribution is 2.16. The molecule has 0 aliphatic carbocycles. The van der Waals surface area contributed by atoms with Crippen molar-refractivity contribution in [1.82, 2.24) is 10.3 Å². The van der Waals surface area contributed by atoms with E-state index < -0.39 is 0 Å². The number of hydrogen-bond donors (Lipinski definition) is 2. The van der Waals surface area contributed by atoms with Crippen LogP contribution in [-0.2, 0) is 6.54 Å². The molecule has 0 aliphatic heterocycles. The predicted molar refractivity (Wildman–Crippen MR) is 114 cm³/mol. The number of amides is 1. The molecule has 142 valence electrons. The smallest absolute Gasteiger partial charge is 0.258 e. The van der Waals surface area contributed by atoms with Gasteiger partial charge in [0.15, 0.2) is 0 Å². The fourth-order valence-electron chi connectivity index (χ4n) is 2.42. The number of ether oxygens (including phenoxy) is 1. The van der Waals surface area contributed by atoms with Crippen molar-refractivity contribution in [3.05, 3.63) is 88.7 Å². The summed E-state index contributed by atoms with van der Waals surface area (Å²) in [6.45, 7) is 0.378. The fraction of sp³-hybridized carbons (Fsp3) is 0.0952. The number of pyridine rings is 1. The van der Waals surface area contributed by atoms with Crippen molar-refractivity contribution >= 4 is 33.5 Å². The van der Waals surface area contributed by atoms with Gasteiger partial charge in [-0.15, -0.1) is 0 Å². The summed E-state index contributed by atoms with van der Waals surface area (Å²) < 4.78 is 6.11. The van der Waals surface area contributed by atoms with E-state index in [9.17, 15) is 4.79 Å². The number of carbonyl (C=O) groups is 1. The molecule has 2 N–H and O–H groups in total. The molecule has 28 heavy (non-hydrogen) atoms. The van der Waals surface area contributed by atoms with Crippen LogP contribution in [0.25, 0.3) is 0 Å². The van der Waals surface area contributed by atoms with E-state index in [1.54, 1.807) is 43.8 Å². The zero-order valence-electron chi connectivity index (χ0n) is 15.2. The molecular weight excluding hydrogens is 420 g/mol. The van der Waals surface area contributed by atoms with E-state index >= 15 is 0 Å². The summed E-state index contributed by atoms with van der Waals surface area (Å²) >= 11 is 3.44. The zero-order chi connectivity index (χ0) is 19.8. The van der Waals surface area contributed by atoms with Crippen molar-refractivity contribution in [2.75, 3.05) is 12.4 Å². The third-order valence-corrected chi connectivity index (χ3v) is 4.29. The molecule has 0 saturated carbocycles. The Morgan fingerprint density at radius 3 is 2.75 bits per heavy atom. The molecule has 0 atom stereocenters. The van der Waals surface area contributed by atoms with Gasteiger partial charge in [0.2, 0.25) is 5.96 Å². The number of benzene rings is 2. The van der Waals surface area contributed by atoms with Gasteiger partial charge in [0, 0.05) is 28.1 Å². The lowest BCUT2D eigenvalue weighted by Crippen LogP contribution is -2.36. The van der Waals surface area contributed by atoms with Crippen LogP contribution in [0.15, 0.2) is 82.5 Å². The SMILES string of the molecule is COc1cccc(C(=O)NC(=NCc2cccnc2)Nc2cccc(Br)c2)c1. The highest BCUT2D eigenvalue weighted by Gasteiger charge is 2.10. The highest BCUT2D eigenvalue weighted by molar-refractivity contribution is 9.10. The average Bonchev–Trinajstić information content (AvgIpc) is 2.73. The monoisotopic (exact) mass is 438 g/mol. The van der Waals surface area contributed by atoms with Crippen LogP contribution in [-0.4, -0.2) is 24.0 Å². The first-order valence-electron chi connectivity index (χ1n) is 8.55. The molecule has 2 aromatic carbocycles. The number of carbonyl (C=O) groups excluding carboxylic acids is 1. The number of nitrogens with one attached hydrogen (secondary N) is 2.